The Morgan fingerprint density at radius 2 is 2.16 bits per heavy atom. The van der Waals surface area contributed by atoms with Crippen LogP contribution in [0.25, 0.3) is 0 Å². The van der Waals surface area contributed by atoms with Crippen molar-refractivity contribution in [3.63, 3.8) is 0 Å². The maximum Gasteiger partial charge on any atom is 0.517 e. The Kier molecular flexibility index (Phi) is 5.38. The Bertz CT molecular complexity index is 523. The lowest BCUT2D eigenvalue weighted by molar-refractivity contribution is -0.365. The monoisotopic (exact) mass is 264 g/mol. The Hall–Kier alpha value is -3.06. The predicted octanol–water partition coefficient (Wildman–Crippen LogP) is 1.32. The molecule has 1 aromatic rings. The molecular weight excluding hydrogens is 256 g/mol. The molecule has 10 nitrogen and oxygen atoms in total. The summed E-state index contributed by atoms with van der Waals surface area (Å²) in [6, 6.07) is 8.32. The number of guanidine groups is 1. The highest BCUT2D eigenvalue weighted by Crippen LogP contribution is 2.11. The molecule has 0 fully saturated rings. The first-order chi connectivity index (χ1) is 9.17. The summed E-state index contributed by atoms with van der Waals surface area (Å²) >= 11 is 0. The van der Waals surface area contributed by atoms with Crippen LogP contribution in [0.2, 0.25) is 0 Å². The molecule has 0 amide bonds. The van der Waals surface area contributed by atoms with Crippen LogP contribution in [-0.2, 0) is 4.84 Å². The average molecular weight is 264 g/mol. The van der Waals surface area contributed by atoms with Gasteiger partial charge in [-0.1, -0.05) is 18.2 Å². The van der Waals surface area contributed by atoms with Gasteiger partial charge in [0.05, 0.1) is 22.7 Å². The zero-order chi connectivity index (χ0) is 14.1. The van der Waals surface area contributed by atoms with Crippen LogP contribution in [0.15, 0.2) is 45.7 Å². The molecule has 0 radical (unpaired) electrons. The van der Waals surface area contributed by atoms with Crippen LogP contribution >= 0.6 is 0 Å². The van der Waals surface area contributed by atoms with Gasteiger partial charge in [0, 0.05) is 5.11 Å². The van der Waals surface area contributed by atoms with Gasteiger partial charge >= 0.3 is 5.96 Å². The lowest BCUT2D eigenvalue weighted by Crippen LogP contribution is -2.24. The second kappa shape index (κ2) is 7.30. The molecule has 0 aliphatic rings. The van der Waals surface area contributed by atoms with E-state index in [1.54, 1.807) is 30.3 Å². The van der Waals surface area contributed by atoms with E-state index in [9.17, 15) is 10.1 Å². The molecule has 0 aromatic heterocycles. The summed E-state index contributed by atoms with van der Waals surface area (Å²) in [5.41, 5.74) is 0. The SMILES string of the molecule is CON(/N=C(/N=NC#N)[N+](=O)[O-])Oc1ccccc1. The molecule has 0 saturated heterocycles. The van der Waals surface area contributed by atoms with Crippen LogP contribution in [0.5, 0.6) is 5.75 Å². The van der Waals surface area contributed by atoms with Crippen molar-refractivity contribution in [1.82, 2.24) is 5.34 Å². The molecular formula is C9H8N6O4. The Morgan fingerprint density at radius 3 is 2.68 bits per heavy atom. The fourth-order valence-corrected chi connectivity index (χ4v) is 0.903. The van der Waals surface area contributed by atoms with E-state index in [0.717, 1.165) is 0 Å². The summed E-state index contributed by atoms with van der Waals surface area (Å²) in [6.45, 7) is 0. The summed E-state index contributed by atoms with van der Waals surface area (Å²) < 4.78 is 0. The van der Waals surface area contributed by atoms with E-state index in [-0.39, 0.29) is 0 Å². The van der Waals surface area contributed by atoms with Gasteiger partial charge in [-0.25, -0.2) is 4.84 Å². The maximum atomic E-state index is 10.6. The van der Waals surface area contributed by atoms with E-state index in [1.165, 1.54) is 13.3 Å². The van der Waals surface area contributed by atoms with E-state index in [2.05, 4.69) is 20.2 Å². The second-order valence-corrected chi connectivity index (χ2v) is 2.78. The Balaban J connectivity index is 2.87. The highest BCUT2D eigenvalue weighted by Gasteiger charge is 2.18. The summed E-state index contributed by atoms with van der Waals surface area (Å²) in [7, 11) is 1.19. The van der Waals surface area contributed by atoms with Crippen molar-refractivity contribution in [2.75, 3.05) is 7.11 Å². The molecule has 1 rings (SSSR count). The molecule has 98 valence electrons. The van der Waals surface area contributed by atoms with Crippen molar-refractivity contribution >= 4 is 5.96 Å². The van der Waals surface area contributed by atoms with Crippen molar-refractivity contribution in [3.05, 3.63) is 40.4 Å². The third-order valence-corrected chi connectivity index (χ3v) is 1.60. The minimum atomic E-state index is -0.959. The first-order valence-corrected chi connectivity index (χ1v) is 4.77. The van der Waals surface area contributed by atoms with Gasteiger partial charge in [0.1, 0.15) is 0 Å². The zero-order valence-electron chi connectivity index (χ0n) is 9.70. The van der Waals surface area contributed by atoms with Crippen LogP contribution < -0.4 is 4.84 Å². The lowest BCUT2D eigenvalue weighted by Gasteiger charge is -2.10. The maximum absolute atomic E-state index is 10.6. The smallest absolute Gasteiger partial charge is 0.390 e. The number of hydrogen-bond acceptors (Lipinski definition) is 8. The first-order valence-electron chi connectivity index (χ1n) is 4.77. The summed E-state index contributed by atoms with van der Waals surface area (Å²) in [6.07, 6.45) is 1.27. The minimum absolute atomic E-state index is 0.341. The van der Waals surface area contributed by atoms with E-state index in [0.29, 0.717) is 11.1 Å². The molecule has 0 aliphatic heterocycles. The van der Waals surface area contributed by atoms with Gasteiger partial charge in [-0.15, -0.1) is 0 Å². The molecule has 0 bridgehead atoms. The average Bonchev–Trinajstić information content (AvgIpc) is 2.42. The number of nitro groups is 1. The van der Waals surface area contributed by atoms with Gasteiger partial charge in [0.2, 0.25) is 6.19 Å². The largest absolute Gasteiger partial charge is 0.517 e. The fourth-order valence-electron chi connectivity index (χ4n) is 0.903. The Labute approximate surface area is 107 Å². The van der Waals surface area contributed by atoms with Gasteiger partial charge in [-0.3, -0.25) is 0 Å². The van der Waals surface area contributed by atoms with Gasteiger partial charge in [0.25, 0.3) is 0 Å². The molecule has 0 heterocycles. The number of benzene rings is 1. The number of hydrazone groups is 1. The molecule has 0 saturated carbocycles. The van der Waals surface area contributed by atoms with Crippen LogP contribution in [0.4, 0.5) is 0 Å². The van der Waals surface area contributed by atoms with Gasteiger partial charge in [0.15, 0.2) is 5.75 Å². The van der Waals surface area contributed by atoms with E-state index in [1.807, 2.05) is 0 Å². The van der Waals surface area contributed by atoms with Crippen LogP contribution in [-0.4, -0.2) is 23.3 Å². The third-order valence-electron chi connectivity index (χ3n) is 1.60. The summed E-state index contributed by atoms with van der Waals surface area (Å²) in [5.74, 6) is -0.618. The van der Waals surface area contributed by atoms with E-state index >= 15 is 0 Å². The molecule has 0 spiro atoms. The van der Waals surface area contributed by atoms with Crippen LogP contribution in [0.1, 0.15) is 0 Å². The van der Waals surface area contributed by atoms with Crippen molar-refractivity contribution in [3.8, 4) is 11.9 Å². The molecule has 10 heteroatoms. The standard InChI is InChI=1S/C9H8N6O4/c1-18-15(19-8-5-3-2-4-6-8)13-9(14(16)17)12-11-7-10/h2-6H,1H3/b12-11?,13-9-. The minimum Gasteiger partial charge on any atom is -0.390 e. The third kappa shape index (κ3) is 4.75. The van der Waals surface area contributed by atoms with Crippen LogP contribution in [0, 0.1) is 21.6 Å². The van der Waals surface area contributed by atoms with E-state index in [4.69, 9.17) is 10.1 Å². The van der Waals surface area contributed by atoms with Crippen LogP contribution in [0.3, 0.4) is 0 Å². The fraction of sp³-hybridized carbons (Fsp3) is 0.111. The van der Waals surface area contributed by atoms with Gasteiger partial charge < -0.3 is 15.0 Å². The molecule has 0 N–H and O–H groups in total. The predicted molar refractivity (Wildman–Crippen MR) is 60.8 cm³/mol. The van der Waals surface area contributed by atoms with Crippen molar-refractivity contribution < 1.29 is 14.6 Å². The normalized spacial score (nSPS) is 11.1. The van der Waals surface area contributed by atoms with Crippen molar-refractivity contribution in [2.24, 2.45) is 15.3 Å². The molecule has 0 unspecified atom stereocenters. The number of rotatable bonds is 4. The lowest BCUT2D eigenvalue weighted by atomic mass is 10.3. The number of nitrogens with zero attached hydrogens (tertiary/aromatic N) is 6. The highest BCUT2D eigenvalue weighted by molar-refractivity contribution is 5.71. The number of para-hydroxylation sites is 1. The summed E-state index contributed by atoms with van der Waals surface area (Å²) in [4.78, 5) is 19.3. The summed E-state index contributed by atoms with van der Waals surface area (Å²) in [5, 5.41) is 28.3. The highest BCUT2D eigenvalue weighted by atomic mass is 17.0. The second-order valence-electron chi connectivity index (χ2n) is 2.78. The first kappa shape index (κ1) is 14.0. The number of nitriles is 1. The number of azo groups is 1. The molecule has 1 aromatic carbocycles. The van der Waals surface area contributed by atoms with E-state index < -0.39 is 10.9 Å². The van der Waals surface area contributed by atoms with Gasteiger partial charge in [-0.05, 0) is 17.1 Å². The molecule has 0 aliphatic carbocycles. The topological polar surface area (TPSA) is 126 Å². The van der Waals surface area contributed by atoms with Crippen molar-refractivity contribution in [1.29, 1.82) is 5.26 Å². The van der Waals surface area contributed by atoms with Gasteiger partial charge in [-0.2, -0.15) is 5.26 Å². The molecule has 0 atom stereocenters. The Morgan fingerprint density at radius 1 is 1.47 bits per heavy atom. The quantitative estimate of drug-likeness (QED) is 0.201. The van der Waals surface area contributed by atoms with Crippen molar-refractivity contribution in [2.45, 2.75) is 0 Å². The number of hydrogen-bond donors (Lipinski definition) is 0. The zero-order valence-corrected chi connectivity index (χ0v) is 9.70. The molecule has 19 heavy (non-hydrogen) atoms.